The molecule has 0 aliphatic heterocycles. The largest absolute Gasteiger partial charge is 0.349 e. The van der Waals surface area contributed by atoms with Crippen molar-refractivity contribution < 1.29 is 4.79 Å². The van der Waals surface area contributed by atoms with Crippen LogP contribution < -0.4 is 5.32 Å². The van der Waals surface area contributed by atoms with E-state index in [2.05, 4.69) is 30.7 Å². The lowest BCUT2D eigenvalue weighted by Crippen LogP contribution is -2.26. The van der Waals surface area contributed by atoms with E-state index in [0.717, 1.165) is 30.8 Å². The van der Waals surface area contributed by atoms with E-state index in [9.17, 15) is 4.79 Å². The average Bonchev–Trinajstić information content (AvgIpc) is 3.03. The molecule has 0 spiro atoms. The van der Waals surface area contributed by atoms with E-state index >= 15 is 0 Å². The molecule has 0 atom stereocenters. The minimum atomic E-state index is -0.236. The standard InChI is InChI=1S/C12H18N6O/c1-3-10-15-11(18-17-10)12(19)13-6-4-5-9-7-14-16-8(9)2/h7H,3-6H2,1-2H3,(H,13,19)(H,14,16)(H,15,17,18). The highest BCUT2D eigenvalue weighted by molar-refractivity contribution is 5.90. The van der Waals surface area contributed by atoms with Gasteiger partial charge in [0, 0.05) is 18.7 Å². The van der Waals surface area contributed by atoms with Crippen LogP contribution in [0.3, 0.4) is 0 Å². The zero-order valence-electron chi connectivity index (χ0n) is 11.2. The van der Waals surface area contributed by atoms with Crippen molar-refractivity contribution in [2.24, 2.45) is 0 Å². The Morgan fingerprint density at radius 1 is 1.42 bits per heavy atom. The molecule has 0 bridgehead atoms. The van der Waals surface area contributed by atoms with Gasteiger partial charge in [0.15, 0.2) is 0 Å². The van der Waals surface area contributed by atoms with Crippen molar-refractivity contribution in [3.8, 4) is 0 Å². The Hall–Kier alpha value is -2.18. The fraction of sp³-hybridized carbons (Fsp3) is 0.500. The number of hydrogen-bond acceptors (Lipinski definition) is 4. The first-order valence-corrected chi connectivity index (χ1v) is 6.39. The minimum Gasteiger partial charge on any atom is -0.349 e. The van der Waals surface area contributed by atoms with E-state index < -0.39 is 0 Å². The number of nitrogens with one attached hydrogen (secondary N) is 3. The van der Waals surface area contributed by atoms with Crippen molar-refractivity contribution in [1.82, 2.24) is 30.7 Å². The minimum absolute atomic E-state index is 0.205. The van der Waals surface area contributed by atoms with Gasteiger partial charge in [0.2, 0.25) is 5.82 Å². The fourth-order valence-corrected chi connectivity index (χ4v) is 1.74. The summed E-state index contributed by atoms with van der Waals surface area (Å²) in [6.07, 6.45) is 4.30. The van der Waals surface area contributed by atoms with Gasteiger partial charge in [-0.25, -0.2) is 4.98 Å². The van der Waals surface area contributed by atoms with Crippen LogP contribution in [0.1, 0.15) is 41.0 Å². The molecule has 102 valence electrons. The Labute approximate surface area is 111 Å². The van der Waals surface area contributed by atoms with Crippen LogP contribution in [-0.4, -0.2) is 37.8 Å². The number of H-pyrrole nitrogens is 2. The summed E-state index contributed by atoms with van der Waals surface area (Å²) < 4.78 is 0. The predicted octanol–water partition coefficient (Wildman–Crippen LogP) is 0.761. The number of carbonyl (C=O) groups excluding carboxylic acids is 1. The third kappa shape index (κ3) is 3.40. The molecular formula is C12H18N6O. The van der Waals surface area contributed by atoms with E-state index in [-0.39, 0.29) is 11.7 Å². The maximum Gasteiger partial charge on any atom is 0.290 e. The van der Waals surface area contributed by atoms with Gasteiger partial charge in [-0.05, 0) is 25.3 Å². The number of rotatable bonds is 6. The van der Waals surface area contributed by atoms with Gasteiger partial charge in [0.25, 0.3) is 5.91 Å². The van der Waals surface area contributed by atoms with Crippen LogP contribution in [0.25, 0.3) is 0 Å². The third-order valence-corrected chi connectivity index (χ3v) is 2.91. The maximum absolute atomic E-state index is 11.7. The van der Waals surface area contributed by atoms with Crippen molar-refractivity contribution >= 4 is 5.91 Å². The zero-order chi connectivity index (χ0) is 13.7. The number of aryl methyl sites for hydroxylation is 3. The summed E-state index contributed by atoms with van der Waals surface area (Å²) in [6, 6.07) is 0. The quantitative estimate of drug-likeness (QED) is 0.669. The zero-order valence-corrected chi connectivity index (χ0v) is 11.2. The smallest absolute Gasteiger partial charge is 0.290 e. The van der Waals surface area contributed by atoms with E-state index in [1.54, 1.807) is 0 Å². The molecule has 2 aromatic rings. The highest BCUT2D eigenvalue weighted by Gasteiger charge is 2.10. The summed E-state index contributed by atoms with van der Waals surface area (Å²) in [6.45, 7) is 4.54. The molecule has 2 heterocycles. The van der Waals surface area contributed by atoms with Crippen molar-refractivity contribution in [2.75, 3.05) is 6.54 Å². The number of nitrogens with zero attached hydrogens (tertiary/aromatic N) is 3. The number of carbonyl (C=O) groups is 1. The van der Waals surface area contributed by atoms with Crippen molar-refractivity contribution in [3.63, 3.8) is 0 Å². The Bertz CT molecular complexity index is 544. The molecule has 7 heteroatoms. The molecule has 0 radical (unpaired) electrons. The fourth-order valence-electron chi connectivity index (χ4n) is 1.74. The van der Waals surface area contributed by atoms with Gasteiger partial charge >= 0.3 is 0 Å². The predicted molar refractivity (Wildman–Crippen MR) is 69.7 cm³/mol. The van der Waals surface area contributed by atoms with Gasteiger partial charge < -0.3 is 5.32 Å². The van der Waals surface area contributed by atoms with Crippen LogP contribution >= 0.6 is 0 Å². The van der Waals surface area contributed by atoms with Gasteiger partial charge in [-0.1, -0.05) is 6.92 Å². The van der Waals surface area contributed by atoms with Crippen LogP contribution in [0.4, 0.5) is 0 Å². The molecular weight excluding hydrogens is 244 g/mol. The molecule has 19 heavy (non-hydrogen) atoms. The first kappa shape index (κ1) is 13.3. The summed E-state index contributed by atoms with van der Waals surface area (Å²) in [5, 5.41) is 16.2. The Kier molecular flexibility index (Phi) is 4.27. The van der Waals surface area contributed by atoms with Crippen LogP contribution in [0.15, 0.2) is 6.20 Å². The first-order valence-electron chi connectivity index (χ1n) is 6.39. The molecule has 3 N–H and O–H groups in total. The average molecular weight is 262 g/mol. The third-order valence-electron chi connectivity index (χ3n) is 2.91. The van der Waals surface area contributed by atoms with Gasteiger partial charge in [-0.2, -0.15) is 5.10 Å². The van der Waals surface area contributed by atoms with E-state index in [1.807, 2.05) is 20.0 Å². The SMILES string of the molecule is CCc1nc(C(=O)NCCCc2cn[nH]c2C)n[nH]1. The molecule has 2 aromatic heterocycles. The van der Waals surface area contributed by atoms with E-state index in [4.69, 9.17) is 0 Å². The lowest BCUT2D eigenvalue weighted by molar-refractivity contribution is 0.0943. The monoisotopic (exact) mass is 262 g/mol. The summed E-state index contributed by atoms with van der Waals surface area (Å²) in [5.41, 5.74) is 2.26. The molecule has 0 unspecified atom stereocenters. The number of amides is 1. The first-order chi connectivity index (χ1) is 9.20. The normalized spacial score (nSPS) is 10.6. The molecule has 2 rings (SSSR count). The number of aromatic amines is 2. The van der Waals surface area contributed by atoms with Gasteiger partial charge in [-0.15, -0.1) is 5.10 Å². The molecule has 0 saturated heterocycles. The lowest BCUT2D eigenvalue weighted by Gasteiger charge is -2.02. The van der Waals surface area contributed by atoms with Gasteiger partial charge in [-0.3, -0.25) is 15.0 Å². The van der Waals surface area contributed by atoms with Crippen LogP contribution in [0, 0.1) is 6.92 Å². The second-order valence-electron chi connectivity index (χ2n) is 4.34. The molecule has 0 fully saturated rings. The molecule has 0 aromatic carbocycles. The second kappa shape index (κ2) is 6.12. The van der Waals surface area contributed by atoms with Crippen molar-refractivity contribution in [3.05, 3.63) is 29.1 Å². The summed E-state index contributed by atoms with van der Waals surface area (Å²) in [5.74, 6) is 0.690. The Morgan fingerprint density at radius 2 is 2.26 bits per heavy atom. The summed E-state index contributed by atoms with van der Waals surface area (Å²) in [4.78, 5) is 15.8. The molecule has 0 saturated carbocycles. The van der Waals surface area contributed by atoms with Crippen LogP contribution in [0.2, 0.25) is 0 Å². The molecule has 0 aliphatic carbocycles. The molecule has 7 nitrogen and oxygen atoms in total. The Morgan fingerprint density at radius 3 is 2.89 bits per heavy atom. The highest BCUT2D eigenvalue weighted by Crippen LogP contribution is 2.05. The number of aromatic nitrogens is 5. The van der Waals surface area contributed by atoms with Gasteiger partial charge in [0.05, 0.1) is 6.20 Å². The van der Waals surface area contributed by atoms with Gasteiger partial charge in [0.1, 0.15) is 5.82 Å². The van der Waals surface area contributed by atoms with Crippen LogP contribution in [-0.2, 0) is 12.8 Å². The highest BCUT2D eigenvalue weighted by atomic mass is 16.2. The Balaban J connectivity index is 1.73. The van der Waals surface area contributed by atoms with Crippen molar-refractivity contribution in [2.45, 2.75) is 33.1 Å². The number of hydrogen-bond donors (Lipinski definition) is 3. The second-order valence-corrected chi connectivity index (χ2v) is 4.34. The van der Waals surface area contributed by atoms with Crippen LogP contribution in [0.5, 0.6) is 0 Å². The van der Waals surface area contributed by atoms with Crippen molar-refractivity contribution in [1.29, 1.82) is 0 Å². The van der Waals surface area contributed by atoms with E-state index in [1.165, 1.54) is 5.56 Å². The lowest BCUT2D eigenvalue weighted by atomic mass is 10.1. The maximum atomic E-state index is 11.7. The summed E-state index contributed by atoms with van der Waals surface area (Å²) >= 11 is 0. The topological polar surface area (TPSA) is 99.3 Å². The molecule has 0 aliphatic rings. The summed E-state index contributed by atoms with van der Waals surface area (Å²) in [7, 11) is 0. The van der Waals surface area contributed by atoms with E-state index in [0.29, 0.717) is 6.54 Å². The molecule has 1 amide bonds.